The Bertz CT molecular complexity index is 738. The van der Waals surface area contributed by atoms with Crippen molar-refractivity contribution in [1.82, 2.24) is 15.1 Å². The predicted molar refractivity (Wildman–Crippen MR) is 91.6 cm³/mol. The van der Waals surface area contributed by atoms with E-state index in [0.29, 0.717) is 17.9 Å². The van der Waals surface area contributed by atoms with Gasteiger partial charge in [-0.25, -0.2) is 4.68 Å². The van der Waals surface area contributed by atoms with E-state index in [2.05, 4.69) is 10.4 Å². The maximum atomic E-state index is 12.5. The van der Waals surface area contributed by atoms with E-state index in [0.717, 1.165) is 5.69 Å². The summed E-state index contributed by atoms with van der Waals surface area (Å²) >= 11 is 5.96. The number of carboxylic acid groups (broad SMARTS) is 1. The van der Waals surface area contributed by atoms with Gasteiger partial charge in [0.1, 0.15) is 0 Å². The van der Waals surface area contributed by atoms with Crippen molar-refractivity contribution < 1.29 is 14.7 Å². The monoisotopic (exact) mass is 349 g/mol. The number of hydrogen-bond donors (Lipinski definition) is 2. The number of aromatic nitrogens is 2. The lowest BCUT2D eigenvalue weighted by molar-refractivity contribution is -0.138. The highest BCUT2D eigenvalue weighted by molar-refractivity contribution is 6.30. The SMILES string of the molecule is CCC(CC)(CC(=O)O)NC(=O)c1ccn(-c2cccc(Cl)c2)n1. The van der Waals surface area contributed by atoms with Crippen LogP contribution in [0.4, 0.5) is 0 Å². The van der Waals surface area contributed by atoms with Gasteiger partial charge in [-0.3, -0.25) is 9.59 Å². The van der Waals surface area contributed by atoms with Crippen LogP contribution in [-0.2, 0) is 4.79 Å². The fraction of sp³-hybridized carbons (Fsp3) is 0.353. The van der Waals surface area contributed by atoms with Gasteiger partial charge in [-0.2, -0.15) is 5.10 Å². The number of carbonyl (C=O) groups is 2. The molecule has 2 N–H and O–H groups in total. The zero-order chi connectivity index (χ0) is 17.7. The molecular weight excluding hydrogens is 330 g/mol. The van der Waals surface area contributed by atoms with Gasteiger partial charge in [0.05, 0.1) is 17.6 Å². The molecule has 0 bridgehead atoms. The Balaban J connectivity index is 2.20. The maximum Gasteiger partial charge on any atom is 0.305 e. The van der Waals surface area contributed by atoms with Gasteiger partial charge in [0, 0.05) is 11.2 Å². The Morgan fingerprint density at radius 3 is 2.58 bits per heavy atom. The summed E-state index contributed by atoms with van der Waals surface area (Å²) in [5, 5.41) is 16.7. The molecule has 0 aliphatic heterocycles. The normalized spacial score (nSPS) is 11.3. The second kappa shape index (κ2) is 7.49. The Labute approximate surface area is 145 Å². The molecule has 1 aromatic carbocycles. The Morgan fingerprint density at radius 2 is 2.00 bits per heavy atom. The quantitative estimate of drug-likeness (QED) is 0.803. The summed E-state index contributed by atoms with van der Waals surface area (Å²) in [7, 11) is 0. The minimum absolute atomic E-state index is 0.124. The molecule has 1 aromatic heterocycles. The van der Waals surface area contributed by atoms with Crippen molar-refractivity contribution in [2.45, 2.75) is 38.6 Å². The highest BCUT2D eigenvalue weighted by Crippen LogP contribution is 2.21. The van der Waals surface area contributed by atoms with Crippen LogP contribution >= 0.6 is 11.6 Å². The van der Waals surface area contributed by atoms with Crippen LogP contribution in [0.15, 0.2) is 36.5 Å². The number of carbonyl (C=O) groups excluding carboxylic acids is 1. The molecule has 0 saturated carbocycles. The van der Waals surface area contributed by atoms with Crippen LogP contribution in [0.1, 0.15) is 43.6 Å². The first kappa shape index (κ1) is 18.0. The zero-order valence-electron chi connectivity index (χ0n) is 13.6. The van der Waals surface area contributed by atoms with Crippen molar-refractivity contribution in [3.63, 3.8) is 0 Å². The minimum Gasteiger partial charge on any atom is -0.481 e. The molecular formula is C17H20ClN3O3. The van der Waals surface area contributed by atoms with Gasteiger partial charge in [-0.15, -0.1) is 0 Å². The molecule has 0 unspecified atom stereocenters. The summed E-state index contributed by atoms with van der Waals surface area (Å²) < 4.78 is 1.55. The highest BCUT2D eigenvalue weighted by atomic mass is 35.5. The van der Waals surface area contributed by atoms with Crippen LogP contribution in [0.25, 0.3) is 5.69 Å². The van der Waals surface area contributed by atoms with Crippen molar-refractivity contribution in [3.05, 3.63) is 47.2 Å². The summed E-state index contributed by atoms with van der Waals surface area (Å²) in [5.41, 5.74) is 0.193. The fourth-order valence-corrected chi connectivity index (χ4v) is 2.71. The number of aliphatic carboxylic acids is 1. The molecule has 128 valence electrons. The second-order valence-electron chi connectivity index (χ2n) is 5.64. The number of halogens is 1. The lowest BCUT2D eigenvalue weighted by Gasteiger charge is -2.31. The highest BCUT2D eigenvalue weighted by Gasteiger charge is 2.31. The van der Waals surface area contributed by atoms with Crippen LogP contribution in [0, 0.1) is 0 Å². The molecule has 0 spiro atoms. The van der Waals surface area contributed by atoms with Gasteiger partial charge in [-0.05, 0) is 37.1 Å². The van der Waals surface area contributed by atoms with E-state index in [-0.39, 0.29) is 18.0 Å². The average molecular weight is 350 g/mol. The van der Waals surface area contributed by atoms with Crippen molar-refractivity contribution in [3.8, 4) is 5.69 Å². The molecule has 1 heterocycles. The molecule has 2 aromatic rings. The van der Waals surface area contributed by atoms with E-state index in [1.807, 2.05) is 19.9 Å². The summed E-state index contributed by atoms with van der Waals surface area (Å²) in [5.74, 6) is -1.33. The van der Waals surface area contributed by atoms with E-state index in [4.69, 9.17) is 16.7 Å². The molecule has 7 heteroatoms. The predicted octanol–water partition coefficient (Wildman–Crippen LogP) is 3.29. The lowest BCUT2D eigenvalue weighted by atomic mass is 9.89. The van der Waals surface area contributed by atoms with E-state index < -0.39 is 11.5 Å². The number of hydrogen-bond acceptors (Lipinski definition) is 3. The third-order valence-corrected chi connectivity index (χ3v) is 4.35. The van der Waals surface area contributed by atoms with Crippen molar-refractivity contribution >= 4 is 23.5 Å². The van der Waals surface area contributed by atoms with Gasteiger partial charge < -0.3 is 10.4 Å². The summed E-state index contributed by atoms with van der Waals surface area (Å²) in [6.45, 7) is 3.72. The second-order valence-corrected chi connectivity index (χ2v) is 6.07. The van der Waals surface area contributed by atoms with E-state index in [9.17, 15) is 9.59 Å². The Morgan fingerprint density at radius 1 is 1.29 bits per heavy atom. The van der Waals surface area contributed by atoms with Crippen LogP contribution in [-0.4, -0.2) is 32.3 Å². The lowest BCUT2D eigenvalue weighted by Crippen LogP contribution is -2.49. The molecule has 0 atom stereocenters. The first-order chi connectivity index (χ1) is 11.4. The topological polar surface area (TPSA) is 84.2 Å². The van der Waals surface area contributed by atoms with E-state index in [1.165, 1.54) is 0 Å². The van der Waals surface area contributed by atoms with Crippen LogP contribution in [0.2, 0.25) is 5.02 Å². The summed E-state index contributed by atoms with van der Waals surface area (Å²) in [4.78, 5) is 23.6. The smallest absolute Gasteiger partial charge is 0.305 e. The van der Waals surface area contributed by atoms with Crippen molar-refractivity contribution in [2.24, 2.45) is 0 Å². The summed E-state index contributed by atoms with van der Waals surface area (Å²) in [6, 6.07) is 8.71. The third kappa shape index (κ3) is 4.14. The van der Waals surface area contributed by atoms with Crippen LogP contribution < -0.4 is 5.32 Å². The van der Waals surface area contributed by atoms with E-state index in [1.54, 1.807) is 35.1 Å². The molecule has 6 nitrogen and oxygen atoms in total. The number of carboxylic acids is 1. The van der Waals surface area contributed by atoms with Crippen LogP contribution in [0.5, 0.6) is 0 Å². The number of rotatable bonds is 7. The van der Waals surface area contributed by atoms with Crippen molar-refractivity contribution in [1.29, 1.82) is 0 Å². The standard InChI is InChI=1S/C17H20ClN3O3/c1-3-17(4-2,11-15(22)23)19-16(24)14-8-9-21(20-14)13-7-5-6-12(18)10-13/h5-10H,3-4,11H2,1-2H3,(H,19,24)(H,22,23). The Kier molecular flexibility index (Phi) is 5.62. The average Bonchev–Trinajstić information content (AvgIpc) is 3.04. The largest absolute Gasteiger partial charge is 0.481 e. The molecule has 24 heavy (non-hydrogen) atoms. The molecule has 2 rings (SSSR count). The van der Waals surface area contributed by atoms with Gasteiger partial charge in [0.15, 0.2) is 5.69 Å². The van der Waals surface area contributed by atoms with Gasteiger partial charge in [0.25, 0.3) is 5.91 Å². The maximum absolute atomic E-state index is 12.5. The van der Waals surface area contributed by atoms with Crippen LogP contribution in [0.3, 0.4) is 0 Å². The number of benzene rings is 1. The number of nitrogens with one attached hydrogen (secondary N) is 1. The number of amides is 1. The molecule has 1 amide bonds. The zero-order valence-corrected chi connectivity index (χ0v) is 14.4. The third-order valence-electron chi connectivity index (χ3n) is 4.12. The molecule has 0 aliphatic carbocycles. The summed E-state index contributed by atoms with van der Waals surface area (Å²) in [6.07, 6.45) is 2.59. The molecule has 0 fully saturated rings. The molecule has 0 aliphatic rings. The van der Waals surface area contributed by atoms with Gasteiger partial charge >= 0.3 is 5.97 Å². The van der Waals surface area contributed by atoms with E-state index >= 15 is 0 Å². The molecule has 0 saturated heterocycles. The minimum atomic E-state index is -0.941. The van der Waals surface area contributed by atoms with Crippen molar-refractivity contribution in [2.75, 3.05) is 0 Å². The Hall–Kier alpha value is -2.34. The van der Waals surface area contributed by atoms with Gasteiger partial charge in [-0.1, -0.05) is 31.5 Å². The first-order valence-electron chi connectivity index (χ1n) is 7.75. The first-order valence-corrected chi connectivity index (χ1v) is 8.13. The fourth-order valence-electron chi connectivity index (χ4n) is 2.52. The molecule has 0 radical (unpaired) electrons. The van der Waals surface area contributed by atoms with Gasteiger partial charge in [0.2, 0.25) is 0 Å². The number of nitrogens with zero attached hydrogens (tertiary/aromatic N) is 2.